The van der Waals surface area contributed by atoms with E-state index in [1.165, 1.54) is 0 Å². The number of carbonyl (C=O) groups is 1. The third-order valence-electron chi connectivity index (χ3n) is 1.47. The molecule has 0 saturated heterocycles. The van der Waals surface area contributed by atoms with E-state index in [1.807, 2.05) is 20.8 Å². The summed E-state index contributed by atoms with van der Waals surface area (Å²) in [5.41, 5.74) is -0.354. The Bertz CT molecular complexity index is 161. The maximum absolute atomic E-state index is 11.4. The smallest absolute Gasteiger partial charge is 0.319 e. The van der Waals surface area contributed by atoms with Crippen LogP contribution in [0.15, 0.2) is 0 Å². The van der Waals surface area contributed by atoms with Crippen molar-refractivity contribution in [3.63, 3.8) is 0 Å². The number of rotatable bonds is 4. The molecule has 0 N–H and O–H groups in total. The quantitative estimate of drug-likeness (QED) is 0.452. The predicted octanol–water partition coefficient (Wildman–Crippen LogP) is 3.32. The average molecular weight is 298 g/mol. The standard InChI is InChI=1S/C10H19IO2/c1-5-6-7-8(11)9(12)13-10(2,3)4/h8H,5-7H2,1-4H3. The minimum absolute atomic E-state index is 0.0109. The van der Waals surface area contributed by atoms with Crippen LogP contribution in [0.4, 0.5) is 0 Å². The highest BCUT2D eigenvalue weighted by molar-refractivity contribution is 14.1. The van der Waals surface area contributed by atoms with Gasteiger partial charge >= 0.3 is 5.97 Å². The maximum Gasteiger partial charge on any atom is 0.319 e. The molecule has 3 heteroatoms. The van der Waals surface area contributed by atoms with E-state index < -0.39 is 0 Å². The van der Waals surface area contributed by atoms with Gasteiger partial charge in [-0.15, -0.1) is 0 Å². The number of carbonyl (C=O) groups excluding carboxylic acids is 1. The molecule has 13 heavy (non-hydrogen) atoms. The lowest BCUT2D eigenvalue weighted by molar-refractivity contribution is -0.153. The Morgan fingerprint density at radius 3 is 2.38 bits per heavy atom. The van der Waals surface area contributed by atoms with E-state index in [0.29, 0.717) is 0 Å². The zero-order valence-electron chi connectivity index (χ0n) is 8.89. The molecule has 0 aromatic heterocycles. The van der Waals surface area contributed by atoms with Gasteiger partial charge in [0.05, 0.1) is 0 Å². The summed E-state index contributed by atoms with van der Waals surface area (Å²) in [5.74, 6) is -0.0819. The molecule has 0 amide bonds. The molecule has 0 aromatic carbocycles. The van der Waals surface area contributed by atoms with E-state index in [2.05, 4.69) is 29.5 Å². The second kappa shape index (κ2) is 5.83. The summed E-state index contributed by atoms with van der Waals surface area (Å²) in [6.45, 7) is 7.81. The molecule has 0 saturated carbocycles. The first-order valence-electron chi connectivity index (χ1n) is 4.73. The second-order valence-corrected chi connectivity index (χ2v) is 5.65. The van der Waals surface area contributed by atoms with Gasteiger partial charge in [0, 0.05) is 0 Å². The highest BCUT2D eigenvalue weighted by Crippen LogP contribution is 2.16. The summed E-state index contributed by atoms with van der Waals surface area (Å²) in [4.78, 5) is 11.4. The van der Waals surface area contributed by atoms with Gasteiger partial charge in [-0.05, 0) is 27.2 Å². The Hall–Kier alpha value is 0.200. The molecule has 0 fully saturated rings. The summed E-state index contributed by atoms with van der Waals surface area (Å²) in [7, 11) is 0. The van der Waals surface area contributed by atoms with E-state index >= 15 is 0 Å². The molecule has 0 radical (unpaired) electrons. The zero-order chi connectivity index (χ0) is 10.5. The molecule has 0 aliphatic heterocycles. The molecule has 1 atom stereocenters. The Morgan fingerprint density at radius 2 is 2.00 bits per heavy atom. The van der Waals surface area contributed by atoms with Crippen LogP contribution in [0.1, 0.15) is 47.0 Å². The summed E-state index contributed by atoms with van der Waals surface area (Å²) in [6.07, 6.45) is 3.14. The lowest BCUT2D eigenvalue weighted by atomic mass is 10.2. The van der Waals surface area contributed by atoms with Crippen LogP contribution in [0, 0.1) is 0 Å². The van der Waals surface area contributed by atoms with E-state index in [0.717, 1.165) is 19.3 Å². The normalized spacial score (nSPS) is 13.9. The topological polar surface area (TPSA) is 26.3 Å². The lowest BCUT2D eigenvalue weighted by Gasteiger charge is -2.21. The van der Waals surface area contributed by atoms with Gasteiger partial charge in [-0.25, -0.2) is 0 Å². The first kappa shape index (κ1) is 13.2. The number of ether oxygens (including phenoxy) is 1. The molecule has 0 bridgehead atoms. The minimum atomic E-state index is -0.354. The van der Waals surface area contributed by atoms with Crippen LogP contribution in [0.5, 0.6) is 0 Å². The SMILES string of the molecule is CCCCC(I)C(=O)OC(C)(C)C. The number of unbranched alkanes of at least 4 members (excludes halogenated alkanes) is 1. The fourth-order valence-electron chi connectivity index (χ4n) is 0.867. The van der Waals surface area contributed by atoms with Crippen molar-refractivity contribution in [1.82, 2.24) is 0 Å². The highest BCUT2D eigenvalue weighted by Gasteiger charge is 2.21. The van der Waals surface area contributed by atoms with E-state index in [-0.39, 0.29) is 15.5 Å². The van der Waals surface area contributed by atoms with Crippen LogP contribution in [-0.4, -0.2) is 15.5 Å². The minimum Gasteiger partial charge on any atom is -0.459 e. The van der Waals surface area contributed by atoms with E-state index in [4.69, 9.17) is 4.74 Å². The predicted molar refractivity (Wildman–Crippen MR) is 63.2 cm³/mol. The van der Waals surface area contributed by atoms with Gasteiger partial charge in [0.2, 0.25) is 0 Å². The van der Waals surface area contributed by atoms with Crippen molar-refractivity contribution in [2.45, 2.75) is 56.5 Å². The number of hydrogen-bond donors (Lipinski definition) is 0. The third kappa shape index (κ3) is 7.28. The van der Waals surface area contributed by atoms with Gasteiger partial charge in [0.25, 0.3) is 0 Å². The van der Waals surface area contributed by atoms with Gasteiger partial charge in [-0.3, -0.25) is 4.79 Å². The molecule has 1 unspecified atom stereocenters. The van der Waals surface area contributed by atoms with Crippen molar-refractivity contribution in [1.29, 1.82) is 0 Å². The molecule has 78 valence electrons. The third-order valence-corrected chi connectivity index (χ3v) is 2.60. The monoisotopic (exact) mass is 298 g/mol. The summed E-state index contributed by atoms with van der Waals surface area (Å²) in [6, 6.07) is 0. The van der Waals surface area contributed by atoms with Crippen LogP contribution in [-0.2, 0) is 9.53 Å². The number of alkyl halides is 1. The van der Waals surface area contributed by atoms with Gasteiger partial charge in [0.1, 0.15) is 9.53 Å². The van der Waals surface area contributed by atoms with E-state index in [9.17, 15) is 4.79 Å². The van der Waals surface area contributed by atoms with Crippen molar-refractivity contribution in [2.24, 2.45) is 0 Å². The molecular formula is C10H19IO2. The highest BCUT2D eigenvalue weighted by atomic mass is 127. The molecule has 0 aliphatic carbocycles. The number of halogens is 1. The van der Waals surface area contributed by atoms with Gasteiger partial charge in [-0.1, -0.05) is 42.4 Å². The molecule has 0 spiro atoms. The van der Waals surface area contributed by atoms with Gasteiger partial charge in [0.15, 0.2) is 0 Å². The Labute approximate surface area is 94.6 Å². The van der Waals surface area contributed by atoms with Crippen LogP contribution in [0.25, 0.3) is 0 Å². The average Bonchev–Trinajstić information content (AvgIpc) is 1.96. The Kier molecular flexibility index (Phi) is 5.92. The maximum atomic E-state index is 11.4. The van der Waals surface area contributed by atoms with Crippen molar-refractivity contribution in [2.75, 3.05) is 0 Å². The first-order valence-corrected chi connectivity index (χ1v) is 5.98. The second-order valence-electron chi connectivity index (χ2n) is 4.14. The van der Waals surface area contributed by atoms with Crippen molar-refractivity contribution >= 4 is 28.6 Å². The van der Waals surface area contributed by atoms with Crippen LogP contribution in [0.2, 0.25) is 0 Å². The van der Waals surface area contributed by atoms with E-state index in [1.54, 1.807) is 0 Å². The summed E-state index contributed by atoms with van der Waals surface area (Å²) < 4.78 is 5.26. The fourth-order valence-corrected chi connectivity index (χ4v) is 1.43. The lowest BCUT2D eigenvalue weighted by Crippen LogP contribution is -2.28. The van der Waals surface area contributed by atoms with Crippen LogP contribution in [0.3, 0.4) is 0 Å². The van der Waals surface area contributed by atoms with Gasteiger partial charge in [-0.2, -0.15) is 0 Å². The molecule has 2 nitrogen and oxygen atoms in total. The van der Waals surface area contributed by atoms with Crippen LogP contribution < -0.4 is 0 Å². The Morgan fingerprint density at radius 1 is 1.46 bits per heavy atom. The van der Waals surface area contributed by atoms with Crippen LogP contribution >= 0.6 is 22.6 Å². The Balaban J connectivity index is 3.83. The molecule has 0 rings (SSSR count). The number of hydrogen-bond acceptors (Lipinski definition) is 2. The number of esters is 1. The molecule has 0 aliphatic rings. The molecular weight excluding hydrogens is 279 g/mol. The largest absolute Gasteiger partial charge is 0.459 e. The first-order chi connectivity index (χ1) is 5.87. The zero-order valence-corrected chi connectivity index (χ0v) is 11.1. The molecule has 0 heterocycles. The van der Waals surface area contributed by atoms with Crippen molar-refractivity contribution in [3.8, 4) is 0 Å². The molecule has 0 aromatic rings. The van der Waals surface area contributed by atoms with Crippen molar-refractivity contribution in [3.05, 3.63) is 0 Å². The fraction of sp³-hybridized carbons (Fsp3) is 0.900. The van der Waals surface area contributed by atoms with Gasteiger partial charge < -0.3 is 4.74 Å². The van der Waals surface area contributed by atoms with Crippen molar-refractivity contribution < 1.29 is 9.53 Å². The summed E-state index contributed by atoms with van der Waals surface area (Å²) >= 11 is 2.16. The summed E-state index contributed by atoms with van der Waals surface area (Å²) in [5, 5.41) is 0.